The fraction of sp³-hybridized carbons (Fsp3) is 0.231. The lowest BCUT2D eigenvalue weighted by atomic mass is 10.2. The normalized spacial score (nSPS) is 11.2. The van der Waals surface area contributed by atoms with Crippen LogP contribution in [0.5, 0.6) is 0 Å². The van der Waals surface area contributed by atoms with Crippen molar-refractivity contribution in [2.45, 2.75) is 13.8 Å². The van der Waals surface area contributed by atoms with E-state index in [0.717, 1.165) is 11.3 Å². The van der Waals surface area contributed by atoms with Gasteiger partial charge in [-0.2, -0.15) is 5.10 Å². The van der Waals surface area contributed by atoms with Gasteiger partial charge in [0.2, 0.25) is 5.13 Å². The number of rotatable bonds is 5. The zero-order valence-electron chi connectivity index (χ0n) is 11.2. The first-order chi connectivity index (χ1) is 9.70. The van der Waals surface area contributed by atoms with E-state index in [9.17, 15) is 4.79 Å². The topological polar surface area (TPSA) is 76.5 Å². The molecule has 20 heavy (non-hydrogen) atoms. The monoisotopic (exact) mass is 290 g/mol. The zero-order valence-corrected chi connectivity index (χ0v) is 12.0. The van der Waals surface area contributed by atoms with E-state index in [1.165, 1.54) is 11.3 Å². The van der Waals surface area contributed by atoms with E-state index in [-0.39, 0.29) is 5.69 Å². The first kappa shape index (κ1) is 14.1. The quantitative estimate of drug-likeness (QED) is 0.520. The van der Waals surface area contributed by atoms with Crippen LogP contribution in [0.15, 0.2) is 35.0 Å². The standard InChI is InChI=1S/C13H14N4O2S/c1-3-19-12(18)11-8-20-13(15-11)17-16-9(2)10-5-4-6-14-7-10/h4-8H,3H2,1-2H3,(H,15,17)/b16-9+. The summed E-state index contributed by atoms with van der Waals surface area (Å²) in [7, 11) is 0. The Morgan fingerprint density at radius 3 is 3.10 bits per heavy atom. The maximum atomic E-state index is 11.5. The van der Waals surface area contributed by atoms with E-state index in [1.807, 2.05) is 19.1 Å². The number of carbonyl (C=O) groups excluding carboxylic acids is 1. The van der Waals surface area contributed by atoms with Gasteiger partial charge in [-0.15, -0.1) is 11.3 Å². The summed E-state index contributed by atoms with van der Waals surface area (Å²) in [6, 6.07) is 3.76. The molecule has 6 nitrogen and oxygen atoms in total. The van der Waals surface area contributed by atoms with Crippen molar-refractivity contribution in [2.24, 2.45) is 5.10 Å². The first-order valence-corrected chi connectivity index (χ1v) is 6.92. The van der Waals surface area contributed by atoms with Gasteiger partial charge in [0.15, 0.2) is 5.69 Å². The molecule has 2 heterocycles. The molecular formula is C13H14N4O2S. The maximum absolute atomic E-state index is 11.5. The Balaban J connectivity index is 2.02. The average Bonchev–Trinajstić information content (AvgIpc) is 2.95. The molecule has 0 radical (unpaired) electrons. The van der Waals surface area contributed by atoms with Crippen molar-refractivity contribution in [2.75, 3.05) is 12.0 Å². The van der Waals surface area contributed by atoms with Crippen LogP contribution in [0.25, 0.3) is 0 Å². The van der Waals surface area contributed by atoms with Crippen molar-refractivity contribution in [1.29, 1.82) is 0 Å². The van der Waals surface area contributed by atoms with Gasteiger partial charge < -0.3 is 4.74 Å². The second-order valence-corrected chi connectivity index (χ2v) is 4.67. The smallest absolute Gasteiger partial charge is 0.357 e. The van der Waals surface area contributed by atoms with Gasteiger partial charge in [0.25, 0.3) is 0 Å². The molecule has 2 rings (SSSR count). The first-order valence-electron chi connectivity index (χ1n) is 6.04. The van der Waals surface area contributed by atoms with Crippen LogP contribution in [0.4, 0.5) is 5.13 Å². The van der Waals surface area contributed by atoms with Gasteiger partial charge in [-0.05, 0) is 19.9 Å². The molecule has 2 aromatic heterocycles. The number of nitrogens with zero attached hydrogens (tertiary/aromatic N) is 3. The highest BCUT2D eigenvalue weighted by Gasteiger charge is 2.11. The molecule has 0 saturated carbocycles. The van der Waals surface area contributed by atoms with Crippen molar-refractivity contribution in [1.82, 2.24) is 9.97 Å². The Morgan fingerprint density at radius 2 is 2.40 bits per heavy atom. The van der Waals surface area contributed by atoms with Gasteiger partial charge in [0, 0.05) is 23.3 Å². The lowest BCUT2D eigenvalue weighted by molar-refractivity contribution is 0.0520. The summed E-state index contributed by atoms with van der Waals surface area (Å²) < 4.78 is 4.87. The number of aromatic nitrogens is 2. The molecular weight excluding hydrogens is 276 g/mol. The van der Waals surface area contributed by atoms with Crippen LogP contribution in [0.3, 0.4) is 0 Å². The third-order valence-corrected chi connectivity index (χ3v) is 3.13. The largest absolute Gasteiger partial charge is 0.461 e. The highest BCUT2D eigenvalue weighted by atomic mass is 32.1. The number of anilines is 1. The lowest BCUT2D eigenvalue weighted by Crippen LogP contribution is -2.05. The molecule has 0 aliphatic carbocycles. The van der Waals surface area contributed by atoms with Gasteiger partial charge in [-0.3, -0.25) is 10.4 Å². The SMILES string of the molecule is CCOC(=O)c1csc(N/N=C(\C)c2cccnc2)n1. The predicted octanol–water partition coefficient (Wildman–Crippen LogP) is 2.55. The van der Waals surface area contributed by atoms with Crippen molar-refractivity contribution < 1.29 is 9.53 Å². The Morgan fingerprint density at radius 1 is 1.55 bits per heavy atom. The van der Waals surface area contributed by atoms with E-state index < -0.39 is 5.97 Å². The molecule has 2 aromatic rings. The van der Waals surface area contributed by atoms with Crippen molar-refractivity contribution in [3.63, 3.8) is 0 Å². The molecule has 0 bridgehead atoms. The van der Waals surface area contributed by atoms with E-state index in [0.29, 0.717) is 11.7 Å². The number of thiazole rings is 1. The summed E-state index contributed by atoms with van der Waals surface area (Å²) >= 11 is 1.30. The van der Waals surface area contributed by atoms with Gasteiger partial charge in [-0.1, -0.05) is 6.07 Å². The second-order valence-electron chi connectivity index (χ2n) is 3.81. The van der Waals surface area contributed by atoms with E-state index in [1.54, 1.807) is 24.7 Å². The lowest BCUT2D eigenvalue weighted by Gasteiger charge is -2.00. The summed E-state index contributed by atoms with van der Waals surface area (Å²) in [5, 5.41) is 6.38. The molecule has 0 aliphatic rings. The van der Waals surface area contributed by atoms with Gasteiger partial charge in [0.1, 0.15) is 0 Å². The predicted molar refractivity (Wildman–Crippen MR) is 78.1 cm³/mol. The number of esters is 1. The minimum absolute atomic E-state index is 0.286. The average molecular weight is 290 g/mol. The minimum Gasteiger partial charge on any atom is -0.461 e. The summed E-state index contributed by atoms with van der Waals surface area (Å²) in [4.78, 5) is 19.6. The third-order valence-electron chi connectivity index (χ3n) is 2.39. The zero-order chi connectivity index (χ0) is 14.4. The molecule has 104 valence electrons. The summed E-state index contributed by atoms with van der Waals surface area (Å²) in [6.07, 6.45) is 3.43. The Hall–Kier alpha value is -2.28. The van der Waals surface area contributed by atoms with Crippen molar-refractivity contribution in [3.05, 3.63) is 41.2 Å². The van der Waals surface area contributed by atoms with E-state index >= 15 is 0 Å². The molecule has 7 heteroatoms. The van der Waals surface area contributed by atoms with Gasteiger partial charge in [0.05, 0.1) is 12.3 Å². The Bertz CT molecular complexity index is 610. The van der Waals surface area contributed by atoms with E-state index in [2.05, 4.69) is 20.5 Å². The minimum atomic E-state index is -0.426. The van der Waals surface area contributed by atoms with E-state index in [4.69, 9.17) is 4.74 Å². The maximum Gasteiger partial charge on any atom is 0.357 e. The molecule has 0 atom stereocenters. The highest BCUT2D eigenvalue weighted by Crippen LogP contribution is 2.16. The van der Waals surface area contributed by atoms with Crippen LogP contribution in [0, 0.1) is 0 Å². The van der Waals surface area contributed by atoms with Crippen LogP contribution in [0.2, 0.25) is 0 Å². The van der Waals surface area contributed by atoms with Crippen molar-refractivity contribution in [3.8, 4) is 0 Å². The third kappa shape index (κ3) is 3.61. The fourth-order valence-electron chi connectivity index (χ4n) is 1.40. The number of hydrazone groups is 1. The Labute approximate surface area is 120 Å². The highest BCUT2D eigenvalue weighted by molar-refractivity contribution is 7.13. The fourth-order valence-corrected chi connectivity index (χ4v) is 2.02. The van der Waals surface area contributed by atoms with Crippen LogP contribution in [-0.4, -0.2) is 28.3 Å². The van der Waals surface area contributed by atoms with Crippen molar-refractivity contribution >= 4 is 28.1 Å². The van der Waals surface area contributed by atoms with Gasteiger partial charge in [-0.25, -0.2) is 9.78 Å². The number of ether oxygens (including phenoxy) is 1. The molecule has 0 amide bonds. The summed E-state index contributed by atoms with van der Waals surface area (Å²) in [5.74, 6) is -0.426. The number of hydrogen-bond acceptors (Lipinski definition) is 7. The number of carbonyl (C=O) groups is 1. The van der Waals surface area contributed by atoms with Crippen LogP contribution < -0.4 is 5.43 Å². The number of hydrogen-bond donors (Lipinski definition) is 1. The number of nitrogens with one attached hydrogen (secondary N) is 1. The summed E-state index contributed by atoms with van der Waals surface area (Å²) in [6.45, 7) is 3.95. The molecule has 0 spiro atoms. The van der Waals surface area contributed by atoms with Gasteiger partial charge >= 0.3 is 5.97 Å². The molecule has 0 saturated heterocycles. The molecule has 0 fully saturated rings. The molecule has 0 aliphatic heterocycles. The van der Waals surface area contributed by atoms with Crippen LogP contribution in [0.1, 0.15) is 29.9 Å². The molecule has 0 aromatic carbocycles. The number of pyridine rings is 1. The summed E-state index contributed by atoms with van der Waals surface area (Å²) in [5.41, 5.74) is 4.81. The second kappa shape index (κ2) is 6.76. The van der Waals surface area contributed by atoms with Crippen LogP contribution in [-0.2, 0) is 4.74 Å². The molecule has 0 unspecified atom stereocenters. The van der Waals surface area contributed by atoms with Crippen LogP contribution >= 0.6 is 11.3 Å². The molecule has 1 N–H and O–H groups in total. The Kier molecular flexibility index (Phi) is 4.78.